The van der Waals surface area contributed by atoms with E-state index >= 15 is 0 Å². The van der Waals surface area contributed by atoms with Gasteiger partial charge in [-0.25, -0.2) is 17.5 Å². The molecule has 1 aliphatic rings. The molecule has 1 unspecified atom stereocenters. The Morgan fingerprint density at radius 3 is 2.76 bits per heavy atom. The Morgan fingerprint density at radius 2 is 2.19 bits per heavy atom. The molecular formula is C13H19ClFN3O2S. The largest absolute Gasteiger partial charge is 0.316 e. The van der Waals surface area contributed by atoms with Crippen LogP contribution in [0.2, 0.25) is 5.02 Å². The molecule has 1 atom stereocenters. The zero-order valence-corrected chi connectivity index (χ0v) is 13.6. The highest BCUT2D eigenvalue weighted by molar-refractivity contribution is 7.89. The third kappa shape index (κ3) is 3.92. The number of halogens is 2. The Kier molecular flexibility index (Phi) is 5.21. The third-order valence-electron chi connectivity index (χ3n) is 3.45. The van der Waals surface area contributed by atoms with Gasteiger partial charge in [0.1, 0.15) is 10.7 Å². The Labute approximate surface area is 129 Å². The predicted octanol–water partition coefficient (Wildman–Crippen LogP) is 1.18. The highest BCUT2D eigenvalue weighted by Crippen LogP contribution is 2.24. The summed E-state index contributed by atoms with van der Waals surface area (Å²) >= 11 is 5.91. The van der Waals surface area contributed by atoms with E-state index in [9.17, 15) is 12.8 Å². The van der Waals surface area contributed by atoms with Crippen LogP contribution in [0.5, 0.6) is 0 Å². The van der Waals surface area contributed by atoms with Crippen LogP contribution in [0, 0.1) is 5.82 Å². The second-order valence-corrected chi connectivity index (χ2v) is 7.40. The molecule has 1 saturated heterocycles. The maximum atomic E-state index is 14.4. The lowest BCUT2D eigenvalue weighted by Gasteiger charge is -2.15. The summed E-state index contributed by atoms with van der Waals surface area (Å²) in [5.41, 5.74) is 0.230. The molecule has 0 amide bonds. The molecule has 0 saturated carbocycles. The molecule has 1 aliphatic heterocycles. The minimum atomic E-state index is -3.93. The van der Waals surface area contributed by atoms with E-state index in [-0.39, 0.29) is 23.2 Å². The van der Waals surface area contributed by atoms with Gasteiger partial charge < -0.3 is 10.2 Å². The first-order chi connectivity index (χ1) is 9.83. The van der Waals surface area contributed by atoms with Crippen molar-refractivity contribution >= 4 is 21.6 Å². The van der Waals surface area contributed by atoms with Gasteiger partial charge in [0, 0.05) is 29.7 Å². The van der Waals surface area contributed by atoms with Crippen molar-refractivity contribution in [1.29, 1.82) is 0 Å². The normalized spacial score (nSPS) is 20.1. The van der Waals surface area contributed by atoms with Crippen LogP contribution >= 0.6 is 11.6 Å². The maximum Gasteiger partial charge on any atom is 0.243 e. The van der Waals surface area contributed by atoms with Crippen LogP contribution in [0.1, 0.15) is 12.0 Å². The molecule has 1 aromatic rings. The van der Waals surface area contributed by atoms with E-state index in [0.717, 1.165) is 12.6 Å². The zero-order valence-electron chi connectivity index (χ0n) is 12.0. The number of hydrogen-bond donors (Lipinski definition) is 2. The number of sulfonamides is 1. The van der Waals surface area contributed by atoms with Gasteiger partial charge in [-0.05, 0) is 39.2 Å². The van der Waals surface area contributed by atoms with E-state index in [0.29, 0.717) is 13.0 Å². The molecule has 0 radical (unpaired) electrons. The molecule has 8 heteroatoms. The van der Waals surface area contributed by atoms with Gasteiger partial charge in [-0.1, -0.05) is 11.6 Å². The minimum Gasteiger partial charge on any atom is -0.316 e. The number of nitrogens with zero attached hydrogens (tertiary/aromatic N) is 1. The fraction of sp³-hybridized carbons (Fsp3) is 0.538. The van der Waals surface area contributed by atoms with E-state index in [1.165, 1.54) is 6.07 Å². The second-order valence-electron chi connectivity index (χ2n) is 5.28. The lowest BCUT2D eigenvalue weighted by Crippen LogP contribution is -2.37. The van der Waals surface area contributed by atoms with Crippen LogP contribution in [-0.2, 0) is 16.6 Å². The first kappa shape index (κ1) is 16.6. The summed E-state index contributed by atoms with van der Waals surface area (Å²) in [5, 5.41) is 2.99. The molecule has 118 valence electrons. The summed E-state index contributed by atoms with van der Waals surface area (Å²) in [6.45, 7) is 1.64. The van der Waals surface area contributed by atoms with Crippen molar-refractivity contribution in [1.82, 2.24) is 14.9 Å². The van der Waals surface area contributed by atoms with E-state index in [2.05, 4.69) is 10.0 Å². The quantitative estimate of drug-likeness (QED) is 0.848. The van der Waals surface area contributed by atoms with Gasteiger partial charge in [0.15, 0.2) is 0 Å². The molecule has 1 aromatic carbocycles. The van der Waals surface area contributed by atoms with Crippen LogP contribution in [0.25, 0.3) is 0 Å². The molecule has 1 fully saturated rings. The lowest BCUT2D eigenvalue weighted by molar-refractivity contribution is 0.407. The van der Waals surface area contributed by atoms with Crippen molar-refractivity contribution in [2.75, 3.05) is 27.2 Å². The highest BCUT2D eigenvalue weighted by atomic mass is 35.5. The second kappa shape index (κ2) is 6.58. The van der Waals surface area contributed by atoms with Crippen molar-refractivity contribution in [3.8, 4) is 0 Å². The highest BCUT2D eigenvalue weighted by Gasteiger charge is 2.28. The first-order valence-corrected chi connectivity index (χ1v) is 8.53. The standard InChI is InChI=1S/C13H19ClFN3O2S/c1-16-7-9-5-10(14)6-12(13(9)15)21(19,20)17-11-3-4-18(2)8-11/h5-6,11,16-17H,3-4,7-8H2,1-2H3. The van der Waals surface area contributed by atoms with Gasteiger partial charge in [0.25, 0.3) is 0 Å². The number of likely N-dealkylation sites (N-methyl/N-ethyl adjacent to an activating group) is 1. The molecule has 0 spiro atoms. The predicted molar refractivity (Wildman–Crippen MR) is 80.4 cm³/mol. The van der Waals surface area contributed by atoms with E-state index < -0.39 is 20.7 Å². The van der Waals surface area contributed by atoms with Gasteiger partial charge >= 0.3 is 0 Å². The van der Waals surface area contributed by atoms with E-state index in [1.807, 2.05) is 11.9 Å². The van der Waals surface area contributed by atoms with Gasteiger partial charge in [-0.2, -0.15) is 0 Å². The zero-order chi connectivity index (χ0) is 15.6. The first-order valence-electron chi connectivity index (χ1n) is 6.67. The Hall–Kier alpha value is -0.730. The van der Waals surface area contributed by atoms with Crippen molar-refractivity contribution in [3.63, 3.8) is 0 Å². The number of likely N-dealkylation sites (tertiary alicyclic amines) is 1. The number of hydrogen-bond acceptors (Lipinski definition) is 4. The number of nitrogens with one attached hydrogen (secondary N) is 2. The van der Waals surface area contributed by atoms with Crippen molar-refractivity contribution in [2.24, 2.45) is 0 Å². The average molecular weight is 336 g/mol. The van der Waals surface area contributed by atoms with Gasteiger partial charge in [-0.3, -0.25) is 0 Å². The van der Waals surface area contributed by atoms with Crippen LogP contribution in [0.3, 0.4) is 0 Å². The van der Waals surface area contributed by atoms with Crippen molar-refractivity contribution in [2.45, 2.75) is 23.9 Å². The summed E-state index contributed by atoms with van der Waals surface area (Å²) in [6, 6.07) is 2.37. The van der Waals surface area contributed by atoms with Crippen molar-refractivity contribution < 1.29 is 12.8 Å². The Morgan fingerprint density at radius 1 is 1.48 bits per heavy atom. The van der Waals surface area contributed by atoms with Gasteiger partial charge in [0.2, 0.25) is 10.0 Å². The SMILES string of the molecule is CNCc1cc(Cl)cc(S(=O)(=O)NC2CCN(C)C2)c1F. The average Bonchev–Trinajstić information content (AvgIpc) is 2.78. The topological polar surface area (TPSA) is 61.4 Å². The van der Waals surface area contributed by atoms with Crippen LogP contribution in [-0.4, -0.2) is 46.5 Å². The maximum absolute atomic E-state index is 14.4. The number of rotatable bonds is 5. The summed E-state index contributed by atoms with van der Waals surface area (Å²) in [4.78, 5) is 1.63. The molecule has 5 nitrogen and oxygen atoms in total. The molecular weight excluding hydrogens is 317 g/mol. The minimum absolute atomic E-state index is 0.200. The van der Waals surface area contributed by atoms with Crippen molar-refractivity contribution in [3.05, 3.63) is 28.5 Å². The Balaban J connectivity index is 2.31. The fourth-order valence-corrected chi connectivity index (χ4v) is 4.16. The fourth-order valence-electron chi connectivity index (χ4n) is 2.45. The van der Waals surface area contributed by atoms with Gasteiger partial charge in [0.05, 0.1) is 0 Å². The molecule has 21 heavy (non-hydrogen) atoms. The van der Waals surface area contributed by atoms with Crippen LogP contribution in [0.4, 0.5) is 4.39 Å². The summed E-state index contributed by atoms with van der Waals surface area (Å²) in [6.07, 6.45) is 0.710. The molecule has 0 aromatic heterocycles. The molecule has 1 heterocycles. The van der Waals surface area contributed by atoms with E-state index in [4.69, 9.17) is 11.6 Å². The third-order valence-corrected chi connectivity index (χ3v) is 5.19. The monoisotopic (exact) mass is 335 g/mol. The number of benzene rings is 1. The summed E-state index contributed by atoms with van der Waals surface area (Å²) in [5.74, 6) is -0.757. The van der Waals surface area contributed by atoms with E-state index in [1.54, 1.807) is 7.05 Å². The van der Waals surface area contributed by atoms with Gasteiger partial charge in [-0.15, -0.1) is 0 Å². The van der Waals surface area contributed by atoms with Crippen LogP contribution < -0.4 is 10.0 Å². The smallest absolute Gasteiger partial charge is 0.243 e. The lowest BCUT2D eigenvalue weighted by atomic mass is 10.2. The molecule has 2 N–H and O–H groups in total. The van der Waals surface area contributed by atoms with Crippen LogP contribution in [0.15, 0.2) is 17.0 Å². The molecule has 0 aliphatic carbocycles. The summed E-state index contributed by atoms with van der Waals surface area (Å²) in [7, 11) is -0.355. The summed E-state index contributed by atoms with van der Waals surface area (Å²) < 4.78 is 41.7. The molecule has 2 rings (SSSR count). The Bertz CT molecular complexity index is 624. The molecule has 0 bridgehead atoms.